The molecule has 0 radical (unpaired) electrons. The van der Waals surface area contributed by atoms with Crippen molar-refractivity contribution in [2.24, 2.45) is 5.41 Å². The molecule has 0 amide bonds. The van der Waals surface area contributed by atoms with Gasteiger partial charge in [-0.25, -0.2) is 0 Å². The summed E-state index contributed by atoms with van der Waals surface area (Å²) in [5.41, 5.74) is 5.82. The number of fused-ring (bicyclic) bond motifs is 1. The molecule has 0 saturated heterocycles. The van der Waals surface area contributed by atoms with E-state index in [0.717, 1.165) is 5.57 Å². The number of hydrogen-bond donors (Lipinski definition) is 0. The van der Waals surface area contributed by atoms with Crippen LogP contribution in [0.3, 0.4) is 0 Å². The van der Waals surface area contributed by atoms with E-state index in [1.54, 1.807) is 30.8 Å². The molecule has 0 spiro atoms. The van der Waals surface area contributed by atoms with Crippen molar-refractivity contribution >= 4 is 5.57 Å². The van der Waals surface area contributed by atoms with Crippen LogP contribution >= 0.6 is 0 Å². The molecule has 1 atom stereocenters. The van der Waals surface area contributed by atoms with E-state index in [2.05, 4.69) is 64.3 Å². The predicted molar refractivity (Wildman–Crippen MR) is 81.6 cm³/mol. The van der Waals surface area contributed by atoms with E-state index in [0.29, 0.717) is 3.63 Å². The predicted octanol–water partition coefficient (Wildman–Crippen LogP) is 5.47. The average molecular weight is 331 g/mol. The van der Waals surface area contributed by atoms with Crippen molar-refractivity contribution in [2.45, 2.75) is 31.3 Å². The van der Waals surface area contributed by atoms with Crippen LogP contribution < -0.4 is 0 Å². The Morgan fingerprint density at radius 3 is 2.26 bits per heavy atom. The van der Waals surface area contributed by atoms with Crippen LogP contribution in [0.2, 0.25) is 0 Å². The van der Waals surface area contributed by atoms with Gasteiger partial charge in [0.25, 0.3) is 0 Å². The Balaban J connectivity index is 0.000000312. The molecule has 0 N–H and O–H groups in total. The molecule has 1 heteroatoms. The fourth-order valence-corrected chi connectivity index (χ4v) is 3.04. The van der Waals surface area contributed by atoms with Gasteiger partial charge in [-0.1, -0.05) is 24.8 Å². The summed E-state index contributed by atoms with van der Waals surface area (Å²) in [6, 6.07) is 8.82. The average Bonchev–Trinajstić information content (AvgIpc) is 2.68. The second-order valence-electron chi connectivity index (χ2n) is 5.95. The van der Waals surface area contributed by atoms with E-state index in [4.69, 9.17) is 0 Å². The van der Waals surface area contributed by atoms with Crippen LogP contribution in [0.4, 0.5) is 0 Å². The van der Waals surface area contributed by atoms with Crippen molar-refractivity contribution in [3.05, 3.63) is 66.3 Å². The minimum absolute atomic E-state index is 0.279. The Morgan fingerprint density at radius 2 is 1.79 bits per heavy atom. The van der Waals surface area contributed by atoms with Gasteiger partial charge < -0.3 is 0 Å². The standard InChI is InChI=1S/C13H15.C5H8.Zr/c1-13(2,3)12-9-8-10-6-4-5-7-11(10)12;1-4-5(2)3;/h4-9H,1-3H3;4H,1-2H2,3H3;. The summed E-state index contributed by atoms with van der Waals surface area (Å²) < 4.78 is 0.674. The summed E-state index contributed by atoms with van der Waals surface area (Å²) in [6.07, 6.45) is 4.17. The van der Waals surface area contributed by atoms with Crippen LogP contribution in [0.25, 0.3) is 5.57 Å². The number of hydrogen-bond acceptors (Lipinski definition) is 0. The summed E-state index contributed by atoms with van der Waals surface area (Å²) >= 11 is 1.59. The normalized spacial score (nSPS) is 16.8. The molecule has 2 rings (SSSR count). The van der Waals surface area contributed by atoms with Gasteiger partial charge in [0.05, 0.1) is 0 Å². The molecule has 0 saturated carbocycles. The Labute approximate surface area is 133 Å². The van der Waals surface area contributed by atoms with Crippen molar-refractivity contribution in [2.75, 3.05) is 0 Å². The topological polar surface area (TPSA) is 0 Å². The molecule has 1 aromatic rings. The summed E-state index contributed by atoms with van der Waals surface area (Å²) in [5, 5.41) is 0. The van der Waals surface area contributed by atoms with Crippen LogP contribution in [-0.2, 0) is 24.7 Å². The van der Waals surface area contributed by atoms with Crippen LogP contribution in [0, 0.1) is 5.41 Å². The van der Waals surface area contributed by atoms with Crippen molar-refractivity contribution < 1.29 is 24.7 Å². The first-order valence-electron chi connectivity index (χ1n) is 6.58. The molecule has 1 aliphatic carbocycles. The van der Waals surface area contributed by atoms with E-state index in [1.807, 2.05) is 6.92 Å². The van der Waals surface area contributed by atoms with Crippen LogP contribution in [0.5, 0.6) is 0 Å². The Hall–Kier alpha value is -0.677. The zero-order chi connectivity index (χ0) is 14.6. The molecule has 1 aliphatic rings. The first-order chi connectivity index (χ1) is 8.77. The molecule has 0 nitrogen and oxygen atoms in total. The molecule has 0 heterocycles. The summed E-state index contributed by atoms with van der Waals surface area (Å²) in [7, 11) is 0. The molecule has 0 aromatic heterocycles. The summed E-state index contributed by atoms with van der Waals surface area (Å²) in [4.78, 5) is 0. The number of benzene rings is 1. The molecule has 19 heavy (non-hydrogen) atoms. The van der Waals surface area contributed by atoms with E-state index >= 15 is 0 Å². The maximum absolute atomic E-state index is 3.56. The zero-order valence-electron chi connectivity index (χ0n) is 12.5. The molecule has 0 fully saturated rings. The van der Waals surface area contributed by atoms with E-state index < -0.39 is 0 Å². The van der Waals surface area contributed by atoms with Crippen LogP contribution in [0.15, 0.2) is 55.1 Å². The van der Waals surface area contributed by atoms with Crippen LogP contribution in [-0.4, -0.2) is 0 Å². The first kappa shape index (κ1) is 16.4. The summed E-state index contributed by atoms with van der Waals surface area (Å²) in [6.45, 7) is 15.8. The third-order valence-electron chi connectivity index (χ3n) is 3.08. The minimum atomic E-state index is 0.279. The van der Waals surface area contributed by atoms with Crippen molar-refractivity contribution in [3.8, 4) is 0 Å². The van der Waals surface area contributed by atoms with E-state index in [-0.39, 0.29) is 5.41 Å². The van der Waals surface area contributed by atoms with Gasteiger partial charge in [-0.05, 0) is 6.92 Å². The molecule has 99 valence electrons. The van der Waals surface area contributed by atoms with Gasteiger partial charge in [-0.2, -0.15) is 0 Å². The second kappa shape index (κ2) is 6.66. The number of allylic oxidation sites excluding steroid dienone is 4. The Kier molecular flexibility index (Phi) is 5.74. The third-order valence-corrected chi connectivity index (χ3v) is 4.25. The molecular weight excluding hydrogens is 307 g/mol. The van der Waals surface area contributed by atoms with Gasteiger partial charge in [0, 0.05) is 0 Å². The van der Waals surface area contributed by atoms with Gasteiger partial charge >= 0.3 is 102 Å². The van der Waals surface area contributed by atoms with Gasteiger partial charge in [0.15, 0.2) is 0 Å². The maximum atomic E-state index is 3.56. The first-order valence-corrected chi connectivity index (χ1v) is 8.00. The van der Waals surface area contributed by atoms with E-state index in [1.165, 1.54) is 16.7 Å². The molecule has 0 bridgehead atoms. The van der Waals surface area contributed by atoms with Gasteiger partial charge in [0.2, 0.25) is 0 Å². The molecule has 1 aromatic carbocycles. The second-order valence-corrected chi connectivity index (χ2v) is 7.47. The van der Waals surface area contributed by atoms with Gasteiger partial charge in [0.1, 0.15) is 0 Å². The monoisotopic (exact) mass is 329 g/mol. The van der Waals surface area contributed by atoms with Gasteiger partial charge in [-0.3, -0.25) is 0 Å². The molecule has 0 aliphatic heterocycles. The Bertz CT molecular complexity index is 501. The molecular formula is C18H23Zr. The SMILES string of the molecule is C=CC(=C)C.CC(C)(C)C1=C[CH]([Zr])c2ccccc21. The van der Waals surface area contributed by atoms with Crippen molar-refractivity contribution in [1.82, 2.24) is 0 Å². The Morgan fingerprint density at radius 1 is 1.26 bits per heavy atom. The summed E-state index contributed by atoms with van der Waals surface area (Å²) in [5.74, 6) is 0. The fourth-order valence-electron chi connectivity index (χ4n) is 2.01. The van der Waals surface area contributed by atoms with Crippen molar-refractivity contribution in [3.63, 3.8) is 0 Å². The quantitative estimate of drug-likeness (QED) is 0.599. The number of rotatable bonds is 1. The van der Waals surface area contributed by atoms with Crippen molar-refractivity contribution in [1.29, 1.82) is 0 Å². The van der Waals surface area contributed by atoms with E-state index in [9.17, 15) is 0 Å². The van der Waals surface area contributed by atoms with Crippen LogP contribution in [0.1, 0.15) is 42.4 Å². The fraction of sp³-hybridized carbons (Fsp3) is 0.333. The zero-order valence-corrected chi connectivity index (χ0v) is 14.9. The molecule has 1 unspecified atom stereocenters. The van der Waals surface area contributed by atoms with Gasteiger partial charge in [-0.15, -0.1) is 0 Å². The third kappa shape index (κ3) is 4.42.